The van der Waals surface area contributed by atoms with E-state index in [0.717, 1.165) is 44.1 Å². The topological polar surface area (TPSA) is 51.6 Å². The maximum absolute atomic E-state index is 10.7. The number of halogens is 1. The van der Waals surface area contributed by atoms with E-state index >= 15 is 0 Å². The first-order chi connectivity index (χ1) is 18.5. The number of nitrogens with zero attached hydrogens (tertiary/aromatic N) is 1. The minimum absolute atomic E-state index is 0.0391. The monoisotopic (exact) mass is 567 g/mol. The number of ether oxygens (including phenoxy) is 2. The number of hydrogen-bond acceptors (Lipinski definition) is 6. The predicted octanol–water partition coefficient (Wildman–Crippen LogP) is 8.01. The van der Waals surface area contributed by atoms with Crippen molar-refractivity contribution in [3.05, 3.63) is 99.6 Å². The average Bonchev–Trinajstić information content (AvgIpc) is 3.39. The van der Waals surface area contributed by atoms with Gasteiger partial charge in [-0.25, -0.2) is 4.98 Å². The van der Waals surface area contributed by atoms with E-state index in [0.29, 0.717) is 31.3 Å². The highest BCUT2D eigenvalue weighted by molar-refractivity contribution is 8.01. The van der Waals surface area contributed by atoms with Gasteiger partial charge < -0.3 is 14.6 Å². The molecule has 1 aliphatic heterocycles. The van der Waals surface area contributed by atoms with Crippen molar-refractivity contribution in [2.75, 3.05) is 12.4 Å². The van der Waals surface area contributed by atoms with E-state index in [2.05, 4.69) is 54.8 Å². The molecule has 5 rings (SSSR count). The molecule has 200 valence electrons. The van der Waals surface area contributed by atoms with E-state index < -0.39 is 6.10 Å². The Kier molecular flexibility index (Phi) is 9.29. The van der Waals surface area contributed by atoms with Gasteiger partial charge in [0.05, 0.1) is 30.6 Å². The lowest BCUT2D eigenvalue weighted by atomic mass is 9.88. The molecule has 7 heteroatoms. The Morgan fingerprint density at radius 2 is 1.95 bits per heavy atom. The number of thiazole rings is 1. The molecular weight excluding hydrogens is 534 g/mol. The quantitative estimate of drug-likeness (QED) is 0.265. The van der Waals surface area contributed by atoms with Crippen LogP contribution in [-0.4, -0.2) is 34.7 Å². The van der Waals surface area contributed by atoms with Crippen LogP contribution in [0.2, 0.25) is 5.02 Å². The van der Waals surface area contributed by atoms with Gasteiger partial charge in [0.15, 0.2) is 0 Å². The summed E-state index contributed by atoms with van der Waals surface area (Å²) in [5, 5.41) is 13.6. The summed E-state index contributed by atoms with van der Waals surface area (Å²) in [4.78, 5) is 4.90. The van der Waals surface area contributed by atoms with Crippen molar-refractivity contribution in [2.24, 2.45) is 5.92 Å². The van der Waals surface area contributed by atoms with Gasteiger partial charge in [-0.15, -0.1) is 11.3 Å². The Hall–Kier alpha value is -2.09. The molecule has 0 saturated carbocycles. The Labute approximate surface area is 238 Å². The molecule has 0 radical (unpaired) electrons. The molecule has 38 heavy (non-hydrogen) atoms. The first-order valence-corrected chi connectivity index (χ1v) is 15.5. The highest BCUT2D eigenvalue weighted by Gasteiger charge is 2.30. The summed E-state index contributed by atoms with van der Waals surface area (Å²) >= 11 is 9.99. The van der Waals surface area contributed by atoms with Crippen LogP contribution < -0.4 is 4.74 Å². The maximum Gasteiger partial charge on any atom is 0.150 e. The standard InChI is InChI=1S/C31H34ClNO3S2/c1-3-35-25-11-8-21(9-12-25)14-23-15-22(10-13-28(23)32)30-17-24(34)16-26(36-30)18-37-31-33-29(19-38-31)27-7-5-4-6-20(27)2/h4-13,15,19-20,24,26-27,30,34H,3,14,16-18H2,1-2H3/t20?,24-,26-,27?,30+/m0/s1. The fraction of sp³-hybridized carbons (Fsp3) is 0.387. The Balaban J connectivity index is 1.22. The maximum atomic E-state index is 10.7. The van der Waals surface area contributed by atoms with Crippen LogP contribution in [0, 0.1) is 5.92 Å². The van der Waals surface area contributed by atoms with E-state index in [-0.39, 0.29) is 12.2 Å². The number of aromatic nitrogens is 1. The Morgan fingerprint density at radius 3 is 2.74 bits per heavy atom. The van der Waals surface area contributed by atoms with Crippen molar-refractivity contribution < 1.29 is 14.6 Å². The van der Waals surface area contributed by atoms with Gasteiger partial charge >= 0.3 is 0 Å². The molecule has 1 fully saturated rings. The molecule has 2 aliphatic rings. The number of benzene rings is 2. The Morgan fingerprint density at radius 1 is 1.13 bits per heavy atom. The molecule has 2 unspecified atom stereocenters. The van der Waals surface area contributed by atoms with Crippen LogP contribution in [0.1, 0.15) is 61.1 Å². The second-order valence-corrected chi connectivity index (χ2v) is 12.5. The minimum Gasteiger partial charge on any atom is -0.494 e. The smallest absolute Gasteiger partial charge is 0.150 e. The third kappa shape index (κ3) is 6.91. The lowest BCUT2D eigenvalue weighted by molar-refractivity contribution is -0.0875. The van der Waals surface area contributed by atoms with Crippen molar-refractivity contribution in [2.45, 2.75) is 61.7 Å². The third-order valence-corrected chi connectivity index (χ3v) is 9.63. The molecule has 0 bridgehead atoms. The number of hydrogen-bond donors (Lipinski definition) is 1. The first kappa shape index (κ1) is 27.5. The molecule has 5 atom stereocenters. The molecular formula is C31H34ClNO3S2. The Bertz CT molecular complexity index is 1270. The number of thioether (sulfide) groups is 1. The SMILES string of the molecule is CCOc1ccc(Cc2cc([C@H]3C[C@@H](O)C[C@@H](CSc4nc(C5C=CC=CC5C)cs4)O3)ccc2Cl)cc1. The second kappa shape index (κ2) is 12.8. The van der Waals surface area contributed by atoms with Crippen molar-refractivity contribution in [3.8, 4) is 5.75 Å². The predicted molar refractivity (Wildman–Crippen MR) is 158 cm³/mol. The van der Waals surface area contributed by atoms with Crippen LogP contribution in [0.5, 0.6) is 5.75 Å². The van der Waals surface area contributed by atoms with Crippen LogP contribution in [0.15, 0.2) is 76.5 Å². The summed E-state index contributed by atoms with van der Waals surface area (Å²) < 4.78 is 13.1. The fourth-order valence-electron chi connectivity index (χ4n) is 5.07. The van der Waals surface area contributed by atoms with Crippen LogP contribution in [0.3, 0.4) is 0 Å². The number of rotatable bonds is 9. The van der Waals surface area contributed by atoms with Crippen molar-refractivity contribution in [3.63, 3.8) is 0 Å². The average molecular weight is 568 g/mol. The van der Waals surface area contributed by atoms with Crippen molar-refractivity contribution in [1.29, 1.82) is 0 Å². The molecule has 1 aliphatic carbocycles. The molecule has 0 spiro atoms. The summed E-state index contributed by atoms with van der Waals surface area (Å²) in [6.45, 7) is 4.87. The minimum atomic E-state index is -0.392. The molecule has 3 aromatic rings. The highest BCUT2D eigenvalue weighted by atomic mass is 35.5. The molecule has 1 N–H and O–H groups in total. The number of aliphatic hydroxyl groups excluding tert-OH is 1. The van der Waals surface area contributed by atoms with Crippen LogP contribution in [0.25, 0.3) is 0 Å². The van der Waals surface area contributed by atoms with E-state index in [9.17, 15) is 5.11 Å². The lowest BCUT2D eigenvalue weighted by Gasteiger charge is -2.33. The zero-order chi connectivity index (χ0) is 26.5. The third-order valence-electron chi connectivity index (χ3n) is 7.09. The van der Waals surface area contributed by atoms with Crippen LogP contribution in [-0.2, 0) is 11.2 Å². The summed E-state index contributed by atoms with van der Waals surface area (Å²) in [6.07, 6.45) is 10.0. The lowest BCUT2D eigenvalue weighted by Crippen LogP contribution is -2.32. The first-order valence-electron chi connectivity index (χ1n) is 13.2. The second-order valence-electron chi connectivity index (χ2n) is 9.98. The van der Waals surface area contributed by atoms with Gasteiger partial charge in [-0.1, -0.05) is 78.9 Å². The zero-order valence-corrected chi connectivity index (χ0v) is 24.1. The molecule has 1 aromatic heterocycles. The largest absolute Gasteiger partial charge is 0.494 e. The van der Waals surface area contributed by atoms with Gasteiger partial charge in [0.2, 0.25) is 0 Å². The van der Waals surface area contributed by atoms with Gasteiger partial charge in [0, 0.05) is 34.9 Å². The van der Waals surface area contributed by atoms with Gasteiger partial charge in [-0.05, 0) is 54.2 Å². The van der Waals surface area contributed by atoms with Crippen LogP contribution in [0.4, 0.5) is 0 Å². The summed E-state index contributed by atoms with van der Waals surface area (Å²) in [5.41, 5.74) is 4.42. The van der Waals surface area contributed by atoms with Gasteiger partial charge in [0.1, 0.15) is 10.1 Å². The molecule has 2 heterocycles. The molecule has 4 nitrogen and oxygen atoms in total. The van der Waals surface area contributed by atoms with Gasteiger partial charge in [-0.3, -0.25) is 0 Å². The molecule has 0 amide bonds. The van der Waals surface area contributed by atoms with E-state index in [1.54, 1.807) is 23.1 Å². The van der Waals surface area contributed by atoms with E-state index in [1.165, 1.54) is 5.56 Å². The van der Waals surface area contributed by atoms with Crippen molar-refractivity contribution in [1.82, 2.24) is 4.98 Å². The summed E-state index contributed by atoms with van der Waals surface area (Å²) in [7, 11) is 0. The number of aliphatic hydroxyl groups is 1. The van der Waals surface area contributed by atoms with Gasteiger partial charge in [-0.2, -0.15) is 0 Å². The van der Waals surface area contributed by atoms with E-state index in [4.69, 9.17) is 26.1 Å². The summed E-state index contributed by atoms with van der Waals surface area (Å²) in [5.74, 6) is 2.43. The fourth-order valence-corrected chi connectivity index (χ4v) is 7.18. The normalized spacial score (nSPS) is 25.0. The molecule has 1 saturated heterocycles. The highest BCUT2D eigenvalue weighted by Crippen LogP contribution is 2.37. The molecule has 2 aromatic carbocycles. The summed E-state index contributed by atoms with van der Waals surface area (Å²) in [6, 6.07) is 14.2. The number of allylic oxidation sites excluding steroid dienone is 4. The zero-order valence-electron chi connectivity index (χ0n) is 21.8. The van der Waals surface area contributed by atoms with Gasteiger partial charge in [0.25, 0.3) is 0 Å². The van der Waals surface area contributed by atoms with E-state index in [1.807, 2.05) is 31.2 Å². The van der Waals surface area contributed by atoms with Crippen LogP contribution >= 0.6 is 34.7 Å². The van der Waals surface area contributed by atoms with Crippen molar-refractivity contribution >= 4 is 34.7 Å².